The van der Waals surface area contributed by atoms with Gasteiger partial charge in [-0.15, -0.1) is 0 Å². The minimum Gasteiger partial charge on any atom is -0.506 e. The maximum absolute atomic E-state index is 9.47. The van der Waals surface area contributed by atoms with Gasteiger partial charge in [0.25, 0.3) is 0 Å². The van der Waals surface area contributed by atoms with E-state index < -0.39 is 0 Å². The summed E-state index contributed by atoms with van der Waals surface area (Å²) in [5.74, 6) is -0.120. The number of phenols is 1. The third-order valence-corrected chi connectivity index (χ3v) is 1.76. The van der Waals surface area contributed by atoms with Gasteiger partial charge in [-0.25, -0.2) is 0 Å². The van der Waals surface area contributed by atoms with Gasteiger partial charge >= 0.3 is 0 Å². The molecule has 0 saturated carbocycles. The standard InChI is InChI=1S/C11H6N4O/c12-4-8(5-13)7-15-11-9(6-14)2-1-3-10(11)16/h1-3,7,15-16H. The highest BCUT2D eigenvalue weighted by atomic mass is 16.3. The number of allylic oxidation sites excluding steroid dienone is 1. The zero-order valence-electron chi connectivity index (χ0n) is 8.10. The van der Waals surface area contributed by atoms with Gasteiger partial charge in [0.15, 0.2) is 0 Å². The van der Waals surface area contributed by atoms with Crippen molar-refractivity contribution >= 4 is 5.69 Å². The van der Waals surface area contributed by atoms with Crippen LogP contribution in [0.15, 0.2) is 30.0 Å². The first-order chi connectivity index (χ1) is 7.72. The third-order valence-electron chi connectivity index (χ3n) is 1.76. The number of benzene rings is 1. The molecular weight excluding hydrogens is 204 g/mol. The van der Waals surface area contributed by atoms with Crippen molar-refractivity contribution in [2.24, 2.45) is 0 Å². The minimum atomic E-state index is -0.146. The van der Waals surface area contributed by atoms with E-state index in [0.29, 0.717) is 0 Å². The lowest BCUT2D eigenvalue weighted by Gasteiger charge is -2.05. The number of phenolic OH excluding ortho intramolecular Hbond substituents is 1. The normalized spacial score (nSPS) is 8.06. The molecule has 1 rings (SSSR count). The number of rotatable bonds is 2. The van der Waals surface area contributed by atoms with Crippen LogP contribution < -0.4 is 5.32 Å². The van der Waals surface area contributed by atoms with E-state index >= 15 is 0 Å². The predicted octanol–water partition coefficient (Wildman–Crippen LogP) is 1.61. The van der Waals surface area contributed by atoms with Crippen LogP contribution in [0.3, 0.4) is 0 Å². The fraction of sp³-hybridized carbons (Fsp3) is 0. The molecule has 0 atom stereocenters. The van der Waals surface area contributed by atoms with Crippen molar-refractivity contribution in [3.8, 4) is 24.0 Å². The monoisotopic (exact) mass is 210 g/mol. The van der Waals surface area contributed by atoms with E-state index in [0.717, 1.165) is 6.20 Å². The van der Waals surface area contributed by atoms with Crippen molar-refractivity contribution in [3.05, 3.63) is 35.5 Å². The van der Waals surface area contributed by atoms with Crippen LogP contribution in [-0.2, 0) is 0 Å². The molecule has 0 fully saturated rings. The molecule has 0 bridgehead atoms. The van der Waals surface area contributed by atoms with E-state index in [9.17, 15) is 5.11 Å². The van der Waals surface area contributed by atoms with Gasteiger partial charge < -0.3 is 10.4 Å². The average Bonchev–Trinajstić information content (AvgIpc) is 2.31. The Labute approximate surface area is 92.1 Å². The van der Waals surface area contributed by atoms with Crippen molar-refractivity contribution in [2.45, 2.75) is 0 Å². The summed E-state index contributed by atoms with van der Waals surface area (Å²) in [4.78, 5) is 0. The van der Waals surface area contributed by atoms with Crippen LogP contribution in [0, 0.1) is 34.0 Å². The molecule has 76 valence electrons. The fourth-order valence-electron chi connectivity index (χ4n) is 1.02. The average molecular weight is 210 g/mol. The lowest BCUT2D eigenvalue weighted by Crippen LogP contribution is -1.93. The predicted molar refractivity (Wildman–Crippen MR) is 55.8 cm³/mol. The number of hydrogen-bond donors (Lipinski definition) is 2. The van der Waals surface area contributed by atoms with E-state index in [4.69, 9.17) is 15.8 Å². The summed E-state index contributed by atoms with van der Waals surface area (Å²) in [5.41, 5.74) is 0.256. The highest BCUT2D eigenvalue weighted by Crippen LogP contribution is 2.26. The van der Waals surface area contributed by atoms with Gasteiger partial charge in [-0.05, 0) is 12.1 Å². The maximum Gasteiger partial charge on any atom is 0.145 e. The smallest absolute Gasteiger partial charge is 0.145 e. The largest absolute Gasteiger partial charge is 0.506 e. The van der Waals surface area contributed by atoms with Gasteiger partial charge in [-0.2, -0.15) is 15.8 Å². The summed E-state index contributed by atoms with van der Waals surface area (Å²) in [6, 6.07) is 9.61. The number of nitrogens with one attached hydrogen (secondary N) is 1. The van der Waals surface area contributed by atoms with Crippen molar-refractivity contribution in [1.82, 2.24) is 0 Å². The first-order valence-corrected chi connectivity index (χ1v) is 4.22. The Kier molecular flexibility index (Phi) is 3.50. The molecule has 5 heteroatoms. The van der Waals surface area contributed by atoms with Crippen molar-refractivity contribution in [1.29, 1.82) is 15.8 Å². The van der Waals surface area contributed by atoms with E-state index in [-0.39, 0.29) is 22.6 Å². The van der Waals surface area contributed by atoms with Crippen LogP contribution in [0.5, 0.6) is 5.75 Å². The van der Waals surface area contributed by atoms with E-state index in [1.807, 2.05) is 6.07 Å². The summed E-state index contributed by atoms with van der Waals surface area (Å²) < 4.78 is 0. The number of nitrogens with zero attached hydrogens (tertiary/aromatic N) is 3. The zero-order valence-corrected chi connectivity index (χ0v) is 8.10. The fourth-order valence-corrected chi connectivity index (χ4v) is 1.02. The Morgan fingerprint density at radius 3 is 2.50 bits per heavy atom. The highest BCUT2D eigenvalue weighted by Gasteiger charge is 2.05. The molecular formula is C11H6N4O. The summed E-state index contributed by atoms with van der Waals surface area (Å²) in [5, 5.41) is 37.8. The Bertz CT molecular complexity index is 539. The molecule has 0 heterocycles. The first kappa shape index (κ1) is 11.1. The van der Waals surface area contributed by atoms with Gasteiger partial charge in [-0.3, -0.25) is 0 Å². The van der Waals surface area contributed by atoms with Crippen LogP contribution in [-0.4, -0.2) is 5.11 Å². The van der Waals surface area contributed by atoms with Gasteiger partial charge in [0.2, 0.25) is 0 Å². The molecule has 0 aliphatic carbocycles. The number of para-hydroxylation sites is 1. The van der Waals surface area contributed by atoms with Gasteiger partial charge in [0, 0.05) is 6.20 Å². The van der Waals surface area contributed by atoms with Crippen LogP contribution >= 0.6 is 0 Å². The molecule has 0 saturated heterocycles. The topological polar surface area (TPSA) is 104 Å². The lowest BCUT2D eigenvalue weighted by molar-refractivity contribution is 0.477. The number of anilines is 1. The van der Waals surface area contributed by atoms with E-state index in [1.54, 1.807) is 12.1 Å². The number of nitriles is 3. The molecule has 0 aromatic heterocycles. The molecule has 2 N–H and O–H groups in total. The molecule has 0 spiro atoms. The van der Waals surface area contributed by atoms with E-state index in [2.05, 4.69) is 5.32 Å². The Morgan fingerprint density at radius 2 is 1.94 bits per heavy atom. The van der Waals surface area contributed by atoms with Crippen LogP contribution in [0.1, 0.15) is 5.56 Å². The molecule has 0 unspecified atom stereocenters. The molecule has 1 aromatic rings. The Balaban J connectivity index is 3.09. The van der Waals surface area contributed by atoms with Gasteiger partial charge in [0.1, 0.15) is 29.5 Å². The molecule has 0 amide bonds. The first-order valence-electron chi connectivity index (χ1n) is 4.22. The highest BCUT2D eigenvalue weighted by molar-refractivity contribution is 5.67. The maximum atomic E-state index is 9.47. The summed E-state index contributed by atoms with van der Waals surface area (Å²) in [7, 11) is 0. The summed E-state index contributed by atoms with van der Waals surface area (Å²) in [6.45, 7) is 0. The second kappa shape index (κ2) is 5.05. The molecule has 0 aliphatic heterocycles. The van der Waals surface area contributed by atoms with Gasteiger partial charge in [-0.1, -0.05) is 6.07 Å². The van der Waals surface area contributed by atoms with Crippen LogP contribution in [0.2, 0.25) is 0 Å². The molecule has 0 aliphatic rings. The third kappa shape index (κ3) is 2.29. The van der Waals surface area contributed by atoms with Crippen LogP contribution in [0.4, 0.5) is 5.69 Å². The van der Waals surface area contributed by atoms with Crippen molar-refractivity contribution in [3.63, 3.8) is 0 Å². The molecule has 0 radical (unpaired) electrons. The SMILES string of the molecule is N#CC(C#N)=CNc1c(O)cccc1C#N. The Morgan fingerprint density at radius 1 is 1.25 bits per heavy atom. The zero-order chi connectivity index (χ0) is 12.0. The second-order valence-electron chi connectivity index (χ2n) is 2.74. The summed E-state index contributed by atoms with van der Waals surface area (Å²) >= 11 is 0. The lowest BCUT2D eigenvalue weighted by atomic mass is 10.2. The van der Waals surface area contributed by atoms with Crippen molar-refractivity contribution in [2.75, 3.05) is 5.32 Å². The van der Waals surface area contributed by atoms with E-state index in [1.165, 1.54) is 18.2 Å². The van der Waals surface area contributed by atoms with Crippen LogP contribution in [0.25, 0.3) is 0 Å². The van der Waals surface area contributed by atoms with Crippen molar-refractivity contribution < 1.29 is 5.11 Å². The van der Waals surface area contributed by atoms with Gasteiger partial charge in [0.05, 0.1) is 11.3 Å². The Hall–Kier alpha value is -2.97. The minimum absolute atomic E-state index is 0.120. The summed E-state index contributed by atoms with van der Waals surface area (Å²) in [6.07, 6.45) is 1.13. The molecule has 1 aromatic carbocycles. The molecule has 16 heavy (non-hydrogen) atoms. The quantitative estimate of drug-likeness (QED) is 0.570. The second-order valence-corrected chi connectivity index (χ2v) is 2.74. The number of aromatic hydroxyl groups is 1. The number of hydrogen-bond acceptors (Lipinski definition) is 5. The molecule has 5 nitrogen and oxygen atoms in total.